The fourth-order valence-electron chi connectivity index (χ4n) is 2.62. The van der Waals surface area contributed by atoms with Crippen molar-refractivity contribution < 1.29 is 14.3 Å². The molecule has 0 atom stereocenters. The van der Waals surface area contributed by atoms with Gasteiger partial charge in [0.15, 0.2) is 0 Å². The minimum Gasteiger partial charge on any atom is -0.496 e. The minimum atomic E-state index is -0.503. The summed E-state index contributed by atoms with van der Waals surface area (Å²) in [5.41, 5.74) is 1.24. The van der Waals surface area contributed by atoms with Crippen molar-refractivity contribution in [2.45, 2.75) is 19.9 Å². The van der Waals surface area contributed by atoms with Crippen molar-refractivity contribution in [1.82, 2.24) is 19.6 Å². The van der Waals surface area contributed by atoms with E-state index >= 15 is 0 Å². The zero-order valence-corrected chi connectivity index (χ0v) is 16.6. The lowest BCUT2D eigenvalue weighted by atomic mass is 10.2. The van der Waals surface area contributed by atoms with E-state index in [1.807, 2.05) is 18.2 Å². The molecular formula is C17H18BrN5O4. The monoisotopic (exact) mass is 435 g/mol. The highest BCUT2D eigenvalue weighted by Crippen LogP contribution is 2.23. The molecule has 10 heteroatoms. The summed E-state index contributed by atoms with van der Waals surface area (Å²) < 4.78 is 12.1. The first-order chi connectivity index (χ1) is 12.9. The van der Waals surface area contributed by atoms with Gasteiger partial charge in [-0.3, -0.25) is 14.7 Å². The molecule has 1 aromatic carbocycles. The molecule has 0 aliphatic carbocycles. The summed E-state index contributed by atoms with van der Waals surface area (Å²) in [6, 6.07) is 5.67. The molecule has 0 aliphatic rings. The third kappa shape index (κ3) is 3.95. The number of aromatic amines is 1. The number of ether oxygens (including phenoxy) is 2. The first-order valence-electron chi connectivity index (χ1n) is 8.04. The Kier molecular flexibility index (Phi) is 5.45. The number of fused-ring (bicyclic) bond motifs is 1. The summed E-state index contributed by atoms with van der Waals surface area (Å²) in [4.78, 5) is 32.7. The molecule has 3 aromatic rings. The van der Waals surface area contributed by atoms with Crippen LogP contribution in [0.4, 0.5) is 5.95 Å². The molecule has 2 aromatic heterocycles. The van der Waals surface area contributed by atoms with Crippen LogP contribution in [0.3, 0.4) is 0 Å². The lowest BCUT2D eigenvalue weighted by Crippen LogP contribution is -2.24. The van der Waals surface area contributed by atoms with Crippen molar-refractivity contribution >= 4 is 33.6 Å². The quantitative estimate of drug-likeness (QED) is 0.568. The summed E-state index contributed by atoms with van der Waals surface area (Å²) in [5.74, 6) is 0.816. The highest BCUT2D eigenvalue weighted by molar-refractivity contribution is 9.10. The molecule has 0 aliphatic heterocycles. The van der Waals surface area contributed by atoms with Crippen LogP contribution in [0.1, 0.15) is 16.8 Å². The molecule has 0 radical (unpaired) electrons. The van der Waals surface area contributed by atoms with E-state index in [2.05, 4.69) is 41.1 Å². The maximum atomic E-state index is 12.6. The molecule has 3 rings (SSSR count). The number of carbonyl (C=O) groups excluding carboxylic acids is 1. The van der Waals surface area contributed by atoms with E-state index < -0.39 is 5.97 Å². The lowest BCUT2D eigenvalue weighted by Gasteiger charge is -2.09. The largest absolute Gasteiger partial charge is 0.496 e. The van der Waals surface area contributed by atoms with Gasteiger partial charge in [-0.2, -0.15) is 9.50 Å². The van der Waals surface area contributed by atoms with Crippen LogP contribution in [-0.4, -0.2) is 39.8 Å². The van der Waals surface area contributed by atoms with E-state index in [1.165, 1.54) is 11.6 Å². The van der Waals surface area contributed by atoms with Crippen molar-refractivity contribution in [3.8, 4) is 5.75 Å². The van der Waals surface area contributed by atoms with Gasteiger partial charge >= 0.3 is 5.97 Å². The van der Waals surface area contributed by atoms with Crippen molar-refractivity contribution in [2.24, 2.45) is 0 Å². The van der Waals surface area contributed by atoms with Crippen LogP contribution in [0.15, 0.2) is 27.5 Å². The fourth-order valence-corrected chi connectivity index (χ4v) is 3.03. The molecule has 0 bridgehead atoms. The zero-order chi connectivity index (χ0) is 19.6. The molecule has 0 spiro atoms. The second kappa shape index (κ2) is 7.78. The van der Waals surface area contributed by atoms with E-state index in [0.717, 1.165) is 15.8 Å². The van der Waals surface area contributed by atoms with Crippen LogP contribution >= 0.6 is 15.9 Å². The molecule has 2 N–H and O–H groups in total. The number of halogens is 1. The number of rotatable bonds is 6. The summed E-state index contributed by atoms with van der Waals surface area (Å²) in [5, 5.41) is 5.97. The fraction of sp³-hybridized carbons (Fsp3) is 0.294. The third-order valence-corrected chi connectivity index (χ3v) is 4.53. The van der Waals surface area contributed by atoms with Crippen LogP contribution in [-0.2, 0) is 22.5 Å². The first-order valence-corrected chi connectivity index (χ1v) is 8.83. The first kappa shape index (κ1) is 18.9. The van der Waals surface area contributed by atoms with Crippen LogP contribution in [0.5, 0.6) is 5.75 Å². The van der Waals surface area contributed by atoms with Crippen LogP contribution in [0, 0.1) is 6.92 Å². The van der Waals surface area contributed by atoms with Crippen molar-refractivity contribution in [2.75, 3.05) is 19.5 Å². The topological polar surface area (TPSA) is 111 Å². The number of benzene rings is 1. The maximum absolute atomic E-state index is 12.6. The van der Waals surface area contributed by atoms with Gasteiger partial charge in [0.25, 0.3) is 11.3 Å². The number of hydrogen-bond acceptors (Lipinski definition) is 7. The number of aryl methyl sites for hydroxylation is 1. The molecule has 27 heavy (non-hydrogen) atoms. The van der Waals surface area contributed by atoms with Gasteiger partial charge in [-0.1, -0.05) is 15.9 Å². The SMILES string of the molecule is COC(=O)Cc1c(C)nc2nc(NCc3cc(Br)ccc3OC)[nH]n2c1=O. The number of methoxy groups -OCH3 is 2. The Bertz CT molecular complexity index is 1060. The molecule has 0 saturated carbocycles. The van der Waals surface area contributed by atoms with E-state index in [4.69, 9.17) is 4.74 Å². The second-order valence-electron chi connectivity index (χ2n) is 5.75. The number of H-pyrrole nitrogens is 1. The predicted octanol–water partition coefficient (Wildman–Crippen LogP) is 1.82. The van der Waals surface area contributed by atoms with Crippen LogP contribution in [0.2, 0.25) is 0 Å². The van der Waals surface area contributed by atoms with Gasteiger partial charge in [-0.15, -0.1) is 0 Å². The average molecular weight is 436 g/mol. The van der Waals surface area contributed by atoms with E-state index in [0.29, 0.717) is 18.2 Å². The van der Waals surface area contributed by atoms with Crippen LogP contribution < -0.4 is 15.6 Å². The molecule has 142 valence electrons. The lowest BCUT2D eigenvalue weighted by molar-refractivity contribution is -0.139. The van der Waals surface area contributed by atoms with Crippen LogP contribution in [0.25, 0.3) is 5.78 Å². The number of aromatic nitrogens is 4. The van der Waals surface area contributed by atoms with E-state index in [1.54, 1.807) is 14.0 Å². The van der Waals surface area contributed by atoms with Crippen molar-refractivity contribution in [1.29, 1.82) is 0 Å². The zero-order valence-electron chi connectivity index (χ0n) is 15.0. The summed E-state index contributed by atoms with van der Waals surface area (Å²) >= 11 is 3.43. The third-order valence-electron chi connectivity index (χ3n) is 4.03. The Morgan fingerprint density at radius 2 is 2.11 bits per heavy atom. The molecule has 0 fully saturated rings. The normalized spacial score (nSPS) is 10.8. The van der Waals surface area contributed by atoms with Gasteiger partial charge < -0.3 is 14.8 Å². The Morgan fingerprint density at radius 1 is 1.33 bits per heavy atom. The Hall–Kier alpha value is -2.88. The Morgan fingerprint density at radius 3 is 2.81 bits per heavy atom. The van der Waals surface area contributed by atoms with Gasteiger partial charge in [-0.05, 0) is 25.1 Å². The smallest absolute Gasteiger partial charge is 0.310 e. The summed E-state index contributed by atoms with van der Waals surface area (Å²) in [6.45, 7) is 2.08. The van der Waals surface area contributed by atoms with Crippen molar-refractivity contribution in [3.63, 3.8) is 0 Å². The summed E-state index contributed by atoms with van der Waals surface area (Å²) in [6.07, 6.45) is -0.145. The van der Waals surface area contributed by atoms with E-state index in [-0.39, 0.29) is 23.3 Å². The molecule has 9 nitrogen and oxygen atoms in total. The number of nitrogens with zero attached hydrogens (tertiary/aromatic N) is 3. The predicted molar refractivity (Wildman–Crippen MR) is 102 cm³/mol. The van der Waals surface area contributed by atoms with E-state index in [9.17, 15) is 9.59 Å². The van der Waals surface area contributed by atoms with Gasteiger partial charge in [0, 0.05) is 16.6 Å². The minimum absolute atomic E-state index is 0.145. The van der Waals surface area contributed by atoms with Gasteiger partial charge in [0.05, 0.1) is 31.9 Å². The highest BCUT2D eigenvalue weighted by atomic mass is 79.9. The maximum Gasteiger partial charge on any atom is 0.310 e. The molecule has 0 saturated heterocycles. The average Bonchev–Trinajstić information content (AvgIpc) is 3.06. The van der Waals surface area contributed by atoms with Gasteiger partial charge in [0.2, 0.25) is 5.95 Å². The van der Waals surface area contributed by atoms with Gasteiger partial charge in [0.1, 0.15) is 5.75 Å². The Labute approximate surface area is 162 Å². The van der Waals surface area contributed by atoms with Crippen molar-refractivity contribution in [3.05, 3.63) is 49.8 Å². The number of anilines is 1. The molecule has 0 unspecified atom stereocenters. The second-order valence-corrected chi connectivity index (χ2v) is 6.67. The number of nitrogens with one attached hydrogen (secondary N) is 2. The number of hydrogen-bond donors (Lipinski definition) is 2. The molecule has 2 heterocycles. The highest BCUT2D eigenvalue weighted by Gasteiger charge is 2.16. The molecule has 0 amide bonds. The van der Waals surface area contributed by atoms with Gasteiger partial charge in [-0.25, -0.2) is 4.98 Å². The molecular weight excluding hydrogens is 418 g/mol. The summed E-state index contributed by atoms with van der Waals surface area (Å²) in [7, 11) is 2.87. The number of esters is 1. The standard InChI is InChI=1S/C17H18BrN5O4/c1-9-12(7-14(24)27-3)15(25)23-17(20-9)21-16(22-23)19-8-10-6-11(18)4-5-13(10)26-2/h4-6H,7-8H2,1-3H3,(H2,19,20,21,22). The Balaban J connectivity index is 1.89. The number of carbonyl (C=O) groups is 1.